The van der Waals surface area contributed by atoms with Crippen molar-refractivity contribution in [3.63, 3.8) is 0 Å². The number of rotatable bonds is 13. The molecule has 3 aromatic rings. The number of ether oxygens (including phenoxy) is 3. The van der Waals surface area contributed by atoms with Gasteiger partial charge in [0.2, 0.25) is 10.0 Å². The van der Waals surface area contributed by atoms with Crippen LogP contribution < -0.4 is 20.5 Å². The van der Waals surface area contributed by atoms with E-state index >= 15 is 0 Å². The van der Waals surface area contributed by atoms with E-state index in [0.717, 1.165) is 24.0 Å². The first kappa shape index (κ1) is 34.4. The third kappa shape index (κ3) is 7.25. The van der Waals surface area contributed by atoms with E-state index in [-0.39, 0.29) is 39.8 Å². The van der Waals surface area contributed by atoms with Gasteiger partial charge in [-0.05, 0) is 92.5 Å². The van der Waals surface area contributed by atoms with Gasteiger partial charge in [-0.1, -0.05) is 30.3 Å². The van der Waals surface area contributed by atoms with Gasteiger partial charge in [0.15, 0.2) is 9.84 Å². The van der Waals surface area contributed by atoms with Gasteiger partial charge in [0.25, 0.3) is 0 Å². The average Bonchev–Trinajstić information content (AvgIpc) is 4.06. The maximum Gasteiger partial charge on any atom is 0.243 e. The molecule has 1 spiro atoms. The number of hydrogen-bond acceptors (Lipinski definition) is 10. The zero-order valence-electron chi connectivity index (χ0n) is 27.7. The summed E-state index contributed by atoms with van der Waals surface area (Å²) >= 11 is 0. The highest BCUT2D eigenvalue weighted by atomic mass is 32.2. The zero-order chi connectivity index (χ0) is 34.4. The van der Waals surface area contributed by atoms with Crippen LogP contribution in [-0.4, -0.2) is 89.2 Å². The van der Waals surface area contributed by atoms with E-state index < -0.39 is 31.6 Å². The molecule has 2 aliphatic carbocycles. The van der Waals surface area contributed by atoms with Crippen molar-refractivity contribution < 1.29 is 36.2 Å². The summed E-state index contributed by atoms with van der Waals surface area (Å²) in [6, 6.07) is 19.4. The van der Waals surface area contributed by atoms with Crippen molar-refractivity contribution in [2.75, 3.05) is 40.0 Å². The molecule has 7 rings (SSSR count). The molecule has 0 bridgehead atoms. The van der Waals surface area contributed by atoms with Gasteiger partial charge < -0.3 is 30.4 Å². The quantitative estimate of drug-likeness (QED) is 0.240. The second-order valence-electron chi connectivity index (χ2n) is 14.0. The van der Waals surface area contributed by atoms with Crippen LogP contribution in [0.1, 0.15) is 50.5 Å². The fraction of sp³-hybridized carbons (Fsp3) is 0.500. The van der Waals surface area contributed by atoms with Crippen molar-refractivity contribution in [3.05, 3.63) is 72.3 Å². The predicted molar refractivity (Wildman–Crippen MR) is 185 cm³/mol. The fourth-order valence-corrected chi connectivity index (χ4v) is 10.1. The van der Waals surface area contributed by atoms with Crippen molar-refractivity contribution in [2.45, 2.75) is 83.3 Å². The Labute approximate surface area is 288 Å². The minimum atomic E-state index is -3.76. The van der Waals surface area contributed by atoms with E-state index in [1.165, 1.54) is 10.4 Å². The molecule has 2 saturated carbocycles. The van der Waals surface area contributed by atoms with Gasteiger partial charge in [-0.2, -0.15) is 4.31 Å². The summed E-state index contributed by atoms with van der Waals surface area (Å²) in [5.74, 6) is 1.00. The van der Waals surface area contributed by atoms with Crippen LogP contribution in [0.3, 0.4) is 0 Å². The fourth-order valence-electron chi connectivity index (χ4n) is 6.95. The normalized spacial score (nSPS) is 22.6. The van der Waals surface area contributed by atoms with Gasteiger partial charge in [0.05, 0.1) is 34.4 Å². The highest BCUT2D eigenvalue weighted by Gasteiger charge is 2.45. The molecule has 4 fully saturated rings. The Balaban J connectivity index is 0.911. The number of benzene rings is 3. The predicted octanol–water partition coefficient (Wildman–Crippen LogP) is 3.59. The van der Waals surface area contributed by atoms with Gasteiger partial charge >= 0.3 is 0 Å². The number of methoxy groups -OCH3 is 1. The van der Waals surface area contributed by atoms with Crippen LogP contribution in [-0.2, 0) is 30.1 Å². The number of aliphatic hydroxyl groups is 1. The van der Waals surface area contributed by atoms with E-state index in [0.29, 0.717) is 68.9 Å². The van der Waals surface area contributed by atoms with E-state index in [4.69, 9.17) is 19.9 Å². The lowest BCUT2D eigenvalue weighted by molar-refractivity contribution is -0.0312. The second-order valence-corrected chi connectivity index (χ2v) is 18.2. The van der Waals surface area contributed by atoms with Gasteiger partial charge in [-0.3, -0.25) is 0 Å². The van der Waals surface area contributed by atoms with Crippen molar-refractivity contribution in [1.82, 2.24) is 9.62 Å². The molecule has 0 radical (unpaired) electrons. The van der Waals surface area contributed by atoms with E-state index in [2.05, 4.69) is 5.32 Å². The molecular formula is C36H45N3O8S2. The first-order valence-corrected chi connectivity index (χ1v) is 20.0. The van der Waals surface area contributed by atoms with Gasteiger partial charge in [-0.15, -0.1) is 0 Å². The highest BCUT2D eigenvalue weighted by Crippen LogP contribution is 2.44. The number of nitrogens with one attached hydrogen (secondary N) is 1. The zero-order valence-corrected chi connectivity index (χ0v) is 29.3. The van der Waals surface area contributed by atoms with Crippen LogP contribution in [0.5, 0.6) is 11.5 Å². The average molecular weight is 712 g/mol. The lowest BCUT2D eigenvalue weighted by Gasteiger charge is -2.38. The first-order chi connectivity index (χ1) is 23.4. The van der Waals surface area contributed by atoms with E-state index in [1.807, 2.05) is 24.3 Å². The van der Waals surface area contributed by atoms with E-state index in [9.17, 15) is 21.9 Å². The van der Waals surface area contributed by atoms with Gasteiger partial charge in [-0.25, -0.2) is 16.8 Å². The first-order valence-electron chi connectivity index (χ1n) is 17.0. The van der Waals surface area contributed by atoms with Crippen LogP contribution in [0.2, 0.25) is 0 Å². The lowest BCUT2D eigenvalue weighted by Crippen LogP contribution is -2.47. The number of nitrogens with zero attached hydrogens (tertiary/aromatic N) is 1. The maximum atomic E-state index is 13.8. The molecule has 3 aromatic carbocycles. The minimum Gasteiger partial charge on any atom is -0.496 e. The molecule has 0 unspecified atom stereocenters. The second kappa shape index (κ2) is 13.3. The molecule has 49 heavy (non-hydrogen) atoms. The summed E-state index contributed by atoms with van der Waals surface area (Å²) in [6.07, 6.45) is 4.36. The number of piperidine rings is 1. The summed E-state index contributed by atoms with van der Waals surface area (Å²) < 4.78 is 71.8. The van der Waals surface area contributed by atoms with Crippen molar-refractivity contribution in [2.24, 2.45) is 5.73 Å². The standard InChI is InChI=1S/C36H45N3O8S2/c1-45-34-12-11-32(20-33(34)25-5-7-26(8-6-25)36(37)13-14-36)49(43,44)39-17-15-35(16-18-39)21-27(23-47-35)38-22-28(40)24-46-29-3-2-4-31(19-29)48(41,42)30-9-10-30/h2-8,11-12,19-20,27-28,30,38,40H,9-10,13-18,21-24,37H2,1H3/t27-,28-/m0/s1. The molecule has 0 aromatic heterocycles. The number of sulfone groups is 1. The molecule has 4 N–H and O–H groups in total. The Morgan fingerprint density at radius 2 is 1.71 bits per heavy atom. The third-order valence-corrected chi connectivity index (χ3v) is 14.5. The van der Waals surface area contributed by atoms with Crippen LogP contribution in [0.4, 0.5) is 0 Å². The lowest BCUT2D eigenvalue weighted by atomic mass is 9.88. The van der Waals surface area contributed by atoms with Crippen LogP contribution in [0, 0.1) is 0 Å². The minimum absolute atomic E-state index is 0.00872. The van der Waals surface area contributed by atoms with Gasteiger partial charge in [0.1, 0.15) is 24.2 Å². The summed E-state index contributed by atoms with van der Waals surface area (Å²) in [7, 11) is -5.50. The molecule has 264 valence electrons. The molecule has 2 heterocycles. The molecule has 2 atom stereocenters. The van der Waals surface area contributed by atoms with E-state index in [1.54, 1.807) is 43.5 Å². The molecule has 2 aliphatic heterocycles. The number of aliphatic hydroxyl groups excluding tert-OH is 1. The Bertz CT molecular complexity index is 1890. The molecular weight excluding hydrogens is 667 g/mol. The van der Waals surface area contributed by atoms with Crippen molar-refractivity contribution in [1.29, 1.82) is 0 Å². The molecule has 0 amide bonds. The number of nitrogens with two attached hydrogens (primary N) is 1. The molecule has 13 heteroatoms. The van der Waals surface area contributed by atoms with Gasteiger partial charge in [0, 0.05) is 36.8 Å². The Morgan fingerprint density at radius 1 is 0.980 bits per heavy atom. The summed E-state index contributed by atoms with van der Waals surface area (Å²) in [4.78, 5) is 0.473. The SMILES string of the molecule is COc1ccc(S(=O)(=O)N2CCC3(CC2)C[C@H](NC[C@H](O)COc2cccc(S(=O)(=O)C4CC4)c2)CO3)cc1-c1ccc(C2(N)CC2)cc1. The number of hydrogen-bond donors (Lipinski definition) is 3. The number of sulfonamides is 1. The van der Waals surface area contributed by atoms with Crippen LogP contribution in [0.25, 0.3) is 11.1 Å². The van der Waals surface area contributed by atoms with Crippen molar-refractivity contribution in [3.8, 4) is 22.6 Å². The largest absolute Gasteiger partial charge is 0.496 e. The monoisotopic (exact) mass is 711 g/mol. The van der Waals surface area contributed by atoms with Crippen molar-refractivity contribution >= 4 is 19.9 Å². The Morgan fingerprint density at radius 3 is 2.39 bits per heavy atom. The molecule has 11 nitrogen and oxygen atoms in total. The molecule has 2 saturated heterocycles. The molecule has 4 aliphatic rings. The summed E-state index contributed by atoms with van der Waals surface area (Å²) in [5.41, 5.74) is 8.34. The topological polar surface area (TPSA) is 157 Å². The third-order valence-electron chi connectivity index (χ3n) is 10.4. The maximum absolute atomic E-state index is 13.8. The van der Waals surface area contributed by atoms with Crippen LogP contribution >= 0.6 is 0 Å². The summed E-state index contributed by atoms with van der Waals surface area (Å²) in [6.45, 7) is 1.44. The smallest absolute Gasteiger partial charge is 0.243 e. The Hall–Kier alpha value is -3.04. The Kier molecular flexibility index (Phi) is 9.31. The summed E-state index contributed by atoms with van der Waals surface area (Å²) in [5, 5.41) is 13.6. The highest BCUT2D eigenvalue weighted by molar-refractivity contribution is 7.92. The van der Waals surface area contributed by atoms with Crippen LogP contribution in [0.15, 0.2) is 76.5 Å².